The zero-order chi connectivity index (χ0) is 36.7. The number of benzene rings is 4. The van der Waals surface area contributed by atoms with E-state index < -0.39 is 49.9 Å². The smallest absolute Gasteiger partial charge is 0.273 e. The Bertz CT molecular complexity index is 2000. The van der Waals surface area contributed by atoms with E-state index in [0.29, 0.717) is 10.6 Å². The molecule has 0 aliphatic rings. The zero-order valence-electron chi connectivity index (χ0n) is 27.6. The Morgan fingerprint density at radius 1 is 0.940 bits per heavy atom. The molecule has 0 fully saturated rings. The van der Waals surface area contributed by atoms with Crippen LogP contribution in [0.15, 0.2) is 89.8 Å². The van der Waals surface area contributed by atoms with Crippen LogP contribution in [0.1, 0.15) is 30.5 Å². The standard InChI is InChI=1S/C35H35Cl3N4O7S/c1-22(2)39-35(44)32(16-24-8-6-5-7-9-24)40(20-25-11-12-26(36)17-29(25)38)34(43)21-41(31-18-27(37)13-15-33(31)49-4)50(47,48)28-14-10-23(3)30(19-28)42(45)46/h5-15,17-19,22,32H,16,20-21H2,1-4H3,(H,39,44)/t32-/m0/s1. The number of rotatable bonds is 14. The van der Waals surface area contributed by atoms with Crippen LogP contribution in [0.5, 0.6) is 5.75 Å². The molecule has 15 heteroatoms. The minimum Gasteiger partial charge on any atom is -0.495 e. The lowest BCUT2D eigenvalue weighted by atomic mass is 10.0. The number of nitrogens with zero attached hydrogens (tertiary/aromatic N) is 3. The summed E-state index contributed by atoms with van der Waals surface area (Å²) in [6, 6.07) is 20.0. The van der Waals surface area contributed by atoms with Gasteiger partial charge in [-0.3, -0.25) is 24.0 Å². The molecule has 0 saturated carbocycles. The Morgan fingerprint density at radius 3 is 2.22 bits per heavy atom. The first-order valence-electron chi connectivity index (χ1n) is 15.3. The monoisotopic (exact) mass is 760 g/mol. The van der Waals surface area contributed by atoms with E-state index in [1.165, 1.54) is 55.3 Å². The normalized spacial score (nSPS) is 11.9. The molecule has 4 aromatic carbocycles. The summed E-state index contributed by atoms with van der Waals surface area (Å²) in [6.45, 7) is 3.98. The summed E-state index contributed by atoms with van der Waals surface area (Å²) in [5.41, 5.74) is 0.894. The van der Waals surface area contributed by atoms with Crippen molar-refractivity contribution < 1.29 is 27.7 Å². The number of hydrogen-bond donors (Lipinski definition) is 1. The number of carbonyl (C=O) groups excluding carboxylic acids is 2. The van der Waals surface area contributed by atoms with Gasteiger partial charge in [-0.15, -0.1) is 0 Å². The Hall–Kier alpha value is -4.36. The van der Waals surface area contributed by atoms with Gasteiger partial charge in [0.25, 0.3) is 15.7 Å². The minimum atomic E-state index is -4.72. The van der Waals surface area contributed by atoms with Gasteiger partial charge in [0.15, 0.2) is 0 Å². The number of halogens is 3. The summed E-state index contributed by atoms with van der Waals surface area (Å²) in [7, 11) is -3.40. The average molecular weight is 762 g/mol. The lowest BCUT2D eigenvalue weighted by Gasteiger charge is -2.34. The Labute approximate surface area is 305 Å². The van der Waals surface area contributed by atoms with E-state index in [4.69, 9.17) is 39.5 Å². The number of carbonyl (C=O) groups is 2. The zero-order valence-corrected chi connectivity index (χ0v) is 30.7. The van der Waals surface area contributed by atoms with Gasteiger partial charge < -0.3 is 15.0 Å². The summed E-state index contributed by atoms with van der Waals surface area (Å²) in [4.78, 5) is 40.5. The molecule has 264 valence electrons. The van der Waals surface area contributed by atoms with E-state index >= 15 is 0 Å². The molecule has 11 nitrogen and oxygen atoms in total. The lowest BCUT2D eigenvalue weighted by Crippen LogP contribution is -2.54. The van der Waals surface area contributed by atoms with Crippen LogP contribution < -0.4 is 14.4 Å². The first kappa shape index (κ1) is 38.4. The van der Waals surface area contributed by atoms with Crippen molar-refractivity contribution in [2.24, 2.45) is 0 Å². The predicted molar refractivity (Wildman–Crippen MR) is 195 cm³/mol. The fraction of sp³-hybridized carbons (Fsp3) is 0.257. The van der Waals surface area contributed by atoms with Crippen LogP contribution in [-0.2, 0) is 32.6 Å². The molecule has 1 N–H and O–H groups in total. The number of methoxy groups -OCH3 is 1. The highest BCUT2D eigenvalue weighted by atomic mass is 35.5. The lowest BCUT2D eigenvalue weighted by molar-refractivity contribution is -0.385. The van der Waals surface area contributed by atoms with Crippen LogP contribution in [0, 0.1) is 17.0 Å². The Morgan fingerprint density at radius 2 is 1.60 bits per heavy atom. The van der Waals surface area contributed by atoms with Crippen LogP contribution in [-0.4, -0.2) is 55.8 Å². The number of nitro groups is 1. The van der Waals surface area contributed by atoms with Crippen molar-refractivity contribution in [3.8, 4) is 5.75 Å². The minimum absolute atomic E-state index is 0.0538. The summed E-state index contributed by atoms with van der Waals surface area (Å²) < 4.78 is 35.2. The molecule has 0 saturated heterocycles. The van der Waals surface area contributed by atoms with Crippen molar-refractivity contribution in [2.45, 2.75) is 50.7 Å². The third-order valence-corrected chi connectivity index (χ3v) is 10.3. The van der Waals surface area contributed by atoms with Gasteiger partial charge in [0.2, 0.25) is 11.8 Å². The molecule has 0 aromatic heterocycles. The molecule has 0 aliphatic carbocycles. The van der Waals surface area contributed by atoms with Gasteiger partial charge in [0, 0.05) is 45.7 Å². The van der Waals surface area contributed by atoms with Crippen LogP contribution in [0.3, 0.4) is 0 Å². The van der Waals surface area contributed by atoms with Gasteiger partial charge >= 0.3 is 0 Å². The SMILES string of the molecule is COc1ccc(Cl)cc1N(CC(=O)N(Cc1ccc(Cl)cc1Cl)[C@@H](Cc1ccccc1)C(=O)NC(C)C)S(=O)(=O)c1ccc(C)c([N+](=O)[O-])c1. The van der Waals surface area contributed by atoms with Crippen LogP contribution in [0.4, 0.5) is 11.4 Å². The molecule has 0 bridgehead atoms. The number of amides is 2. The van der Waals surface area contributed by atoms with Gasteiger partial charge in [-0.25, -0.2) is 8.42 Å². The van der Waals surface area contributed by atoms with Crippen molar-refractivity contribution in [1.29, 1.82) is 0 Å². The number of anilines is 1. The molecule has 2 amide bonds. The van der Waals surface area contributed by atoms with Crippen molar-refractivity contribution in [2.75, 3.05) is 18.0 Å². The van der Waals surface area contributed by atoms with E-state index in [1.807, 2.05) is 18.2 Å². The first-order chi connectivity index (χ1) is 23.6. The van der Waals surface area contributed by atoms with Crippen LogP contribution in [0.25, 0.3) is 0 Å². The second-order valence-electron chi connectivity index (χ2n) is 11.7. The quantitative estimate of drug-likeness (QED) is 0.106. The number of aryl methyl sites for hydroxylation is 1. The number of ether oxygens (including phenoxy) is 1. The maximum atomic E-state index is 14.7. The summed E-state index contributed by atoms with van der Waals surface area (Å²) in [5.74, 6) is -1.22. The van der Waals surface area contributed by atoms with Crippen LogP contribution in [0.2, 0.25) is 15.1 Å². The number of sulfonamides is 1. The molecule has 4 aromatic rings. The van der Waals surface area contributed by atoms with Crippen molar-refractivity contribution in [1.82, 2.24) is 10.2 Å². The third kappa shape index (κ3) is 9.25. The molecule has 50 heavy (non-hydrogen) atoms. The third-order valence-electron chi connectivity index (χ3n) is 7.71. The highest BCUT2D eigenvalue weighted by Crippen LogP contribution is 2.36. The van der Waals surface area contributed by atoms with Crippen molar-refractivity contribution in [3.05, 3.63) is 127 Å². The van der Waals surface area contributed by atoms with E-state index in [1.54, 1.807) is 38.1 Å². The fourth-order valence-electron chi connectivity index (χ4n) is 5.21. The average Bonchev–Trinajstić information content (AvgIpc) is 3.06. The Balaban J connectivity index is 1.91. The molecule has 0 radical (unpaired) electrons. The molecule has 0 unspecified atom stereocenters. The van der Waals surface area contributed by atoms with Gasteiger partial charge in [-0.05, 0) is 68.3 Å². The molecular weight excluding hydrogens is 727 g/mol. The summed E-state index contributed by atoms with van der Waals surface area (Å²) in [5, 5.41) is 15.4. The molecule has 0 spiro atoms. The van der Waals surface area contributed by atoms with E-state index in [2.05, 4.69) is 5.32 Å². The topological polar surface area (TPSA) is 139 Å². The number of hydrogen-bond acceptors (Lipinski definition) is 7. The number of nitro benzene ring substituents is 1. The molecule has 4 rings (SSSR count). The summed E-state index contributed by atoms with van der Waals surface area (Å²) >= 11 is 19.0. The maximum Gasteiger partial charge on any atom is 0.273 e. The van der Waals surface area contributed by atoms with Gasteiger partial charge in [-0.1, -0.05) is 77.3 Å². The second-order valence-corrected chi connectivity index (χ2v) is 14.8. The van der Waals surface area contributed by atoms with Crippen molar-refractivity contribution >= 4 is 68.0 Å². The fourth-order valence-corrected chi connectivity index (χ4v) is 7.28. The second kappa shape index (κ2) is 16.6. The van der Waals surface area contributed by atoms with Gasteiger partial charge in [0.05, 0.1) is 22.6 Å². The highest BCUT2D eigenvalue weighted by molar-refractivity contribution is 7.92. The Kier molecular flexibility index (Phi) is 12.7. The van der Waals surface area contributed by atoms with E-state index in [-0.39, 0.29) is 46.1 Å². The maximum absolute atomic E-state index is 14.7. The molecule has 1 atom stereocenters. The molecular formula is C35H35Cl3N4O7S. The predicted octanol–water partition coefficient (Wildman–Crippen LogP) is 7.23. The first-order valence-corrected chi connectivity index (χ1v) is 17.9. The van der Waals surface area contributed by atoms with Crippen LogP contribution >= 0.6 is 34.8 Å². The number of nitrogens with one attached hydrogen (secondary N) is 1. The summed E-state index contributed by atoms with van der Waals surface area (Å²) in [6.07, 6.45) is 0.0771. The van der Waals surface area contributed by atoms with E-state index in [9.17, 15) is 28.1 Å². The molecule has 0 heterocycles. The molecule has 0 aliphatic heterocycles. The van der Waals surface area contributed by atoms with Gasteiger partial charge in [-0.2, -0.15) is 0 Å². The van der Waals surface area contributed by atoms with Crippen molar-refractivity contribution in [3.63, 3.8) is 0 Å². The van der Waals surface area contributed by atoms with Gasteiger partial charge in [0.1, 0.15) is 18.3 Å². The highest BCUT2D eigenvalue weighted by Gasteiger charge is 2.36. The largest absolute Gasteiger partial charge is 0.495 e. The van der Waals surface area contributed by atoms with E-state index in [0.717, 1.165) is 15.9 Å².